The molecule has 2 fully saturated rings. The number of amides is 2. The Hall–Kier alpha value is -2.12. The largest absolute Gasteiger partial charge is 0.417 e. The molecule has 0 unspecified atom stereocenters. The fourth-order valence-electron chi connectivity index (χ4n) is 3.32. The van der Waals surface area contributed by atoms with Gasteiger partial charge in [0.05, 0.1) is 23.1 Å². The van der Waals surface area contributed by atoms with E-state index < -0.39 is 41.0 Å². The van der Waals surface area contributed by atoms with E-state index >= 15 is 0 Å². The number of nitrogens with one attached hydrogen (secondary N) is 1. The first-order chi connectivity index (χ1) is 10.8. The zero-order chi connectivity index (χ0) is 16.8. The molecule has 8 heteroatoms. The molecule has 0 spiro atoms. The van der Waals surface area contributed by atoms with Crippen molar-refractivity contribution < 1.29 is 27.2 Å². The topological polar surface area (TPSA) is 49.4 Å². The third-order valence-electron chi connectivity index (χ3n) is 4.39. The van der Waals surface area contributed by atoms with Crippen LogP contribution in [0.25, 0.3) is 0 Å². The third-order valence-corrected chi connectivity index (χ3v) is 4.39. The van der Waals surface area contributed by atoms with E-state index in [1.165, 1.54) is 4.90 Å². The number of alkyl halides is 3. The second kappa shape index (κ2) is 5.50. The molecule has 0 saturated carbocycles. The lowest BCUT2D eigenvalue weighted by Crippen LogP contribution is -2.49. The Labute approximate surface area is 129 Å². The summed E-state index contributed by atoms with van der Waals surface area (Å²) in [6.07, 6.45) is -3.76. The lowest BCUT2D eigenvalue weighted by molar-refractivity contribution is -0.138. The molecule has 1 aromatic rings. The zero-order valence-electron chi connectivity index (χ0n) is 12.0. The maximum absolute atomic E-state index is 14.0. The van der Waals surface area contributed by atoms with Crippen molar-refractivity contribution in [3.05, 3.63) is 35.1 Å². The minimum absolute atomic E-state index is 0.186. The van der Waals surface area contributed by atoms with Gasteiger partial charge in [-0.15, -0.1) is 0 Å². The summed E-state index contributed by atoms with van der Waals surface area (Å²) < 4.78 is 53.2. The molecule has 0 aromatic heterocycles. The highest BCUT2D eigenvalue weighted by atomic mass is 19.4. The van der Waals surface area contributed by atoms with Crippen molar-refractivity contribution in [2.75, 3.05) is 13.1 Å². The van der Waals surface area contributed by atoms with Crippen LogP contribution in [-0.2, 0) is 11.0 Å². The van der Waals surface area contributed by atoms with E-state index in [1.807, 2.05) is 0 Å². The van der Waals surface area contributed by atoms with E-state index in [2.05, 4.69) is 5.32 Å². The maximum atomic E-state index is 14.0. The smallest absolute Gasteiger partial charge is 0.354 e. The number of halogens is 4. The van der Waals surface area contributed by atoms with Gasteiger partial charge in [0.25, 0.3) is 5.91 Å². The number of hydrogen-bond acceptors (Lipinski definition) is 2. The van der Waals surface area contributed by atoms with Crippen molar-refractivity contribution in [1.82, 2.24) is 10.2 Å². The number of rotatable bonds is 1. The summed E-state index contributed by atoms with van der Waals surface area (Å²) in [7, 11) is 0. The number of nitrogens with zero attached hydrogens (tertiary/aromatic N) is 1. The van der Waals surface area contributed by atoms with E-state index in [4.69, 9.17) is 0 Å². The Morgan fingerprint density at radius 1 is 1.30 bits per heavy atom. The van der Waals surface area contributed by atoms with E-state index in [0.29, 0.717) is 18.9 Å². The van der Waals surface area contributed by atoms with Crippen LogP contribution in [0.5, 0.6) is 0 Å². The van der Waals surface area contributed by atoms with Crippen LogP contribution in [0.4, 0.5) is 17.6 Å². The quantitative estimate of drug-likeness (QED) is 0.803. The van der Waals surface area contributed by atoms with E-state index in [-0.39, 0.29) is 19.0 Å². The highest BCUT2D eigenvalue weighted by Gasteiger charge is 2.45. The monoisotopic (exact) mass is 330 g/mol. The van der Waals surface area contributed by atoms with Gasteiger partial charge in [-0.25, -0.2) is 4.39 Å². The molecule has 2 aliphatic heterocycles. The first-order valence-corrected chi connectivity index (χ1v) is 7.25. The van der Waals surface area contributed by atoms with Crippen molar-refractivity contribution in [1.29, 1.82) is 0 Å². The molecule has 2 amide bonds. The maximum Gasteiger partial charge on any atom is 0.417 e. The van der Waals surface area contributed by atoms with Crippen molar-refractivity contribution in [2.24, 2.45) is 5.92 Å². The van der Waals surface area contributed by atoms with Gasteiger partial charge in [-0.1, -0.05) is 6.07 Å². The summed E-state index contributed by atoms with van der Waals surface area (Å²) in [5.74, 6) is -2.86. The first-order valence-electron chi connectivity index (χ1n) is 7.25. The molecule has 2 atom stereocenters. The van der Waals surface area contributed by atoms with E-state index in [9.17, 15) is 27.2 Å². The summed E-state index contributed by atoms with van der Waals surface area (Å²) in [6.45, 7) is 0.394. The molecule has 1 aromatic carbocycles. The van der Waals surface area contributed by atoms with Gasteiger partial charge in [0, 0.05) is 13.1 Å². The molecule has 3 rings (SSSR count). The van der Waals surface area contributed by atoms with Crippen LogP contribution in [0.3, 0.4) is 0 Å². The molecular formula is C15H14F4N2O2. The Balaban J connectivity index is 1.99. The van der Waals surface area contributed by atoms with Crippen LogP contribution >= 0.6 is 0 Å². The predicted octanol–water partition coefficient (Wildman–Crippen LogP) is 2.20. The molecule has 124 valence electrons. The number of hydrogen-bond donors (Lipinski definition) is 1. The number of likely N-dealkylation sites (tertiary alicyclic amines) is 1. The fraction of sp³-hybridized carbons (Fsp3) is 0.467. The van der Waals surface area contributed by atoms with Gasteiger partial charge in [-0.2, -0.15) is 13.2 Å². The van der Waals surface area contributed by atoms with Gasteiger partial charge < -0.3 is 10.2 Å². The molecular weight excluding hydrogens is 316 g/mol. The van der Waals surface area contributed by atoms with Crippen LogP contribution in [0.15, 0.2) is 18.2 Å². The number of carbonyl (C=O) groups is 2. The second-order valence-corrected chi connectivity index (χ2v) is 5.72. The molecule has 2 aliphatic rings. The number of carbonyl (C=O) groups excluding carboxylic acids is 2. The zero-order valence-corrected chi connectivity index (χ0v) is 12.0. The molecule has 1 N–H and O–H groups in total. The molecule has 2 saturated heterocycles. The first kappa shape index (κ1) is 15.8. The second-order valence-electron chi connectivity index (χ2n) is 5.72. The molecule has 0 aliphatic carbocycles. The Morgan fingerprint density at radius 2 is 2.04 bits per heavy atom. The van der Waals surface area contributed by atoms with Gasteiger partial charge in [0.2, 0.25) is 5.91 Å². The fourth-order valence-corrected chi connectivity index (χ4v) is 3.32. The molecule has 0 bridgehead atoms. The van der Waals surface area contributed by atoms with Crippen LogP contribution in [0, 0.1) is 11.7 Å². The SMILES string of the molecule is O=C1NC[C@@H]2[C@H]1CCCN2C(=O)c1c(F)cccc1C(F)(F)F. The van der Waals surface area contributed by atoms with Gasteiger partial charge >= 0.3 is 6.18 Å². The van der Waals surface area contributed by atoms with Crippen molar-refractivity contribution in [3.8, 4) is 0 Å². The highest BCUT2D eigenvalue weighted by Crippen LogP contribution is 2.35. The van der Waals surface area contributed by atoms with Crippen molar-refractivity contribution in [2.45, 2.75) is 25.1 Å². The summed E-state index contributed by atoms with van der Waals surface area (Å²) in [5.41, 5.74) is -2.26. The molecule has 4 nitrogen and oxygen atoms in total. The molecule has 23 heavy (non-hydrogen) atoms. The standard InChI is InChI=1S/C15H14F4N2O2/c16-10-5-1-4-9(15(17,18)19)12(10)14(23)21-6-2-3-8-11(21)7-20-13(8)22/h1,4-5,8,11H,2-3,6-7H2,(H,20,22)/t8-,11-/m1/s1. The summed E-state index contributed by atoms with van der Waals surface area (Å²) in [6, 6.07) is 1.93. The van der Waals surface area contributed by atoms with Crippen LogP contribution in [-0.4, -0.2) is 35.8 Å². The van der Waals surface area contributed by atoms with Gasteiger partial charge in [0.15, 0.2) is 0 Å². The minimum atomic E-state index is -4.83. The lowest BCUT2D eigenvalue weighted by Gasteiger charge is -2.36. The Bertz CT molecular complexity index is 659. The van der Waals surface area contributed by atoms with Crippen LogP contribution in [0.1, 0.15) is 28.8 Å². The van der Waals surface area contributed by atoms with Crippen molar-refractivity contribution >= 4 is 11.8 Å². The van der Waals surface area contributed by atoms with E-state index in [0.717, 1.165) is 12.1 Å². The number of benzene rings is 1. The summed E-state index contributed by atoms with van der Waals surface area (Å²) >= 11 is 0. The van der Waals surface area contributed by atoms with Crippen LogP contribution in [0.2, 0.25) is 0 Å². The summed E-state index contributed by atoms with van der Waals surface area (Å²) in [5, 5.41) is 2.61. The van der Waals surface area contributed by atoms with Gasteiger partial charge in [-0.05, 0) is 25.0 Å². The van der Waals surface area contributed by atoms with Gasteiger partial charge in [0.1, 0.15) is 5.82 Å². The van der Waals surface area contributed by atoms with Crippen LogP contribution < -0.4 is 5.32 Å². The normalized spacial score (nSPS) is 24.3. The van der Waals surface area contributed by atoms with Crippen molar-refractivity contribution in [3.63, 3.8) is 0 Å². The Kier molecular flexibility index (Phi) is 3.77. The molecule has 2 heterocycles. The number of fused-ring (bicyclic) bond motifs is 1. The summed E-state index contributed by atoms with van der Waals surface area (Å²) in [4.78, 5) is 25.5. The Morgan fingerprint density at radius 3 is 2.74 bits per heavy atom. The average molecular weight is 330 g/mol. The minimum Gasteiger partial charge on any atom is -0.354 e. The average Bonchev–Trinajstić information content (AvgIpc) is 2.87. The predicted molar refractivity (Wildman–Crippen MR) is 72.0 cm³/mol. The molecule has 0 radical (unpaired) electrons. The van der Waals surface area contributed by atoms with Gasteiger partial charge in [-0.3, -0.25) is 9.59 Å². The highest BCUT2D eigenvalue weighted by molar-refractivity contribution is 5.97. The number of piperidine rings is 1. The third kappa shape index (κ3) is 2.66. The lowest BCUT2D eigenvalue weighted by atomic mass is 9.90. The van der Waals surface area contributed by atoms with E-state index in [1.54, 1.807) is 0 Å².